The van der Waals surface area contributed by atoms with E-state index in [9.17, 15) is 9.59 Å². The van der Waals surface area contributed by atoms with E-state index in [0.717, 1.165) is 20.9 Å². The van der Waals surface area contributed by atoms with E-state index in [-0.39, 0.29) is 12.3 Å². The van der Waals surface area contributed by atoms with Gasteiger partial charge in [-0.2, -0.15) is 0 Å². The van der Waals surface area contributed by atoms with Crippen molar-refractivity contribution in [2.24, 2.45) is 0 Å². The first kappa shape index (κ1) is 19.7. The number of ether oxygens (including phenoxy) is 1. The van der Waals surface area contributed by atoms with Crippen LogP contribution >= 0.6 is 15.9 Å². The van der Waals surface area contributed by atoms with Crippen molar-refractivity contribution in [3.8, 4) is 11.6 Å². The van der Waals surface area contributed by atoms with Crippen molar-refractivity contribution in [2.75, 3.05) is 0 Å². The molecule has 0 saturated carbocycles. The van der Waals surface area contributed by atoms with Crippen molar-refractivity contribution in [3.63, 3.8) is 0 Å². The first-order chi connectivity index (χ1) is 14.6. The first-order valence-corrected chi connectivity index (χ1v) is 9.91. The van der Waals surface area contributed by atoms with Crippen LogP contribution in [0.3, 0.4) is 0 Å². The molecular weight excluding hydrogens is 448 g/mol. The number of hydrazine groups is 1. The number of benzene rings is 2. The quantitative estimate of drug-likeness (QED) is 0.387. The van der Waals surface area contributed by atoms with Gasteiger partial charge in [0.1, 0.15) is 5.75 Å². The van der Waals surface area contributed by atoms with Gasteiger partial charge in [0, 0.05) is 33.8 Å². The lowest BCUT2D eigenvalue weighted by Gasteiger charge is -2.08. The van der Waals surface area contributed by atoms with Gasteiger partial charge in [-0.1, -0.05) is 34.1 Å². The van der Waals surface area contributed by atoms with Crippen LogP contribution in [-0.2, 0) is 11.2 Å². The van der Waals surface area contributed by atoms with E-state index < -0.39 is 5.91 Å². The van der Waals surface area contributed by atoms with Crippen LogP contribution in [0.15, 0.2) is 77.5 Å². The minimum Gasteiger partial charge on any atom is -0.439 e. The SMILES string of the molecule is O=C(Cc1c[nH]c2ccccc12)NNC(=O)c1ccc(Oc2ccc(Br)cc2)nc1. The Hall–Kier alpha value is -3.65. The summed E-state index contributed by atoms with van der Waals surface area (Å²) in [5.74, 6) is 0.200. The molecule has 0 unspecified atom stereocenters. The summed E-state index contributed by atoms with van der Waals surface area (Å²) < 4.78 is 6.57. The molecule has 0 saturated heterocycles. The second-order valence-corrected chi connectivity index (χ2v) is 7.40. The van der Waals surface area contributed by atoms with Crippen LogP contribution in [0.4, 0.5) is 0 Å². The molecule has 0 bridgehead atoms. The molecule has 0 fully saturated rings. The number of aromatic nitrogens is 2. The van der Waals surface area contributed by atoms with Crippen LogP contribution in [0.25, 0.3) is 10.9 Å². The van der Waals surface area contributed by atoms with Gasteiger partial charge in [0.15, 0.2) is 0 Å². The number of halogens is 1. The Balaban J connectivity index is 1.31. The highest BCUT2D eigenvalue weighted by Crippen LogP contribution is 2.22. The fourth-order valence-electron chi connectivity index (χ4n) is 2.89. The predicted molar refractivity (Wildman–Crippen MR) is 116 cm³/mol. The second-order valence-electron chi connectivity index (χ2n) is 6.48. The summed E-state index contributed by atoms with van der Waals surface area (Å²) in [6, 6.07) is 18.2. The average Bonchev–Trinajstić information content (AvgIpc) is 3.17. The van der Waals surface area contributed by atoms with Crippen LogP contribution in [0.1, 0.15) is 15.9 Å². The summed E-state index contributed by atoms with van der Waals surface area (Å²) in [6.45, 7) is 0. The Morgan fingerprint density at radius 2 is 1.80 bits per heavy atom. The summed E-state index contributed by atoms with van der Waals surface area (Å²) in [5, 5.41) is 0.976. The molecule has 0 radical (unpaired) electrons. The van der Waals surface area contributed by atoms with Crippen LogP contribution in [0.2, 0.25) is 0 Å². The summed E-state index contributed by atoms with van der Waals surface area (Å²) in [4.78, 5) is 31.7. The molecule has 8 heteroatoms. The van der Waals surface area contributed by atoms with Gasteiger partial charge >= 0.3 is 0 Å². The molecule has 3 N–H and O–H groups in total. The molecule has 0 aliphatic heterocycles. The average molecular weight is 465 g/mol. The molecule has 2 amide bonds. The number of fused-ring (bicyclic) bond motifs is 1. The zero-order valence-corrected chi connectivity index (χ0v) is 17.3. The Labute approximate surface area is 180 Å². The number of hydrogen-bond acceptors (Lipinski definition) is 4. The molecular formula is C22H17BrN4O3. The smallest absolute Gasteiger partial charge is 0.271 e. The Morgan fingerprint density at radius 1 is 1.00 bits per heavy atom. The van der Waals surface area contributed by atoms with Crippen LogP contribution in [-0.4, -0.2) is 21.8 Å². The maximum atomic E-state index is 12.3. The molecule has 30 heavy (non-hydrogen) atoms. The largest absolute Gasteiger partial charge is 0.439 e. The normalized spacial score (nSPS) is 10.6. The summed E-state index contributed by atoms with van der Waals surface area (Å²) in [7, 11) is 0. The Bertz CT molecular complexity index is 1190. The minimum absolute atomic E-state index is 0.141. The topological polar surface area (TPSA) is 96.1 Å². The first-order valence-electron chi connectivity index (χ1n) is 9.12. The molecule has 2 aromatic heterocycles. The van der Waals surface area contributed by atoms with E-state index in [0.29, 0.717) is 17.2 Å². The molecule has 4 aromatic rings. The highest BCUT2D eigenvalue weighted by atomic mass is 79.9. The summed E-state index contributed by atoms with van der Waals surface area (Å²) >= 11 is 3.36. The lowest BCUT2D eigenvalue weighted by molar-refractivity contribution is -0.121. The van der Waals surface area contributed by atoms with Crippen LogP contribution in [0.5, 0.6) is 11.6 Å². The fraction of sp³-hybridized carbons (Fsp3) is 0.0455. The number of nitrogens with zero attached hydrogens (tertiary/aromatic N) is 1. The van der Waals surface area contributed by atoms with Crippen molar-refractivity contribution in [3.05, 3.63) is 88.7 Å². The molecule has 2 aromatic carbocycles. The van der Waals surface area contributed by atoms with Gasteiger partial charge in [-0.3, -0.25) is 20.4 Å². The third-order valence-electron chi connectivity index (χ3n) is 4.38. The minimum atomic E-state index is -0.468. The molecule has 150 valence electrons. The van der Waals surface area contributed by atoms with Crippen molar-refractivity contribution >= 4 is 38.6 Å². The molecule has 0 aliphatic rings. The second kappa shape index (κ2) is 8.79. The number of pyridine rings is 1. The monoisotopic (exact) mass is 464 g/mol. The van der Waals surface area contributed by atoms with Gasteiger partial charge in [0.2, 0.25) is 11.8 Å². The number of hydrogen-bond donors (Lipinski definition) is 3. The van der Waals surface area contributed by atoms with Crippen molar-refractivity contribution in [1.29, 1.82) is 0 Å². The van der Waals surface area contributed by atoms with Crippen molar-refractivity contribution in [2.45, 2.75) is 6.42 Å². The Morgan fingerprint density at radius 3 is 2.57 bits per heavy atom. The third kappa shape index (κ3) is 4.66. The maximum absolute atomic E-state index is 12.3. The molecule has 7 nitrogen and oxygen atoms in total. The number of nitrogens with one attached hydrogen (secondary N) is 3. The van der Waals surface area contributed by atoms with Gasteiger partial charge < -0.3 is 9.72 Å². The summed E-state index contributed by atoms with van der Waals surface area (Å²) in [5.41, 5.74) is 6.94. The van der Waals surface area contributed by atoms with E-state index >= 15 is 0 Å². The summed E-state index contributed by atoms with van der Waals surface area (Å²) in [6.07, 6.45) is 3.32. The number of aromatic amines is 1. The number of para-hydroxylation sites is 1. The molecule has 0 spiro atoms. The standard InChI is InChI=1S/C22H17BrN4O3/c23-16-6-8-17(9-7-16)30-21-10-5-14(12-25-21)22(29)27-26-20(28)11-15-13-24-19-4-2-1-3-18(15)19/h1-10,12-13,24H,11H2,(H,26,28)(H,27,29). The molecule has 0 aliphatic carbocycles. The van der Waals surface area contributed by atoms with E-state index in [1.54, 1.807) is 30.5 Å². The zero-order valence-electron chi connectivity index (χ0n) is 15.7. The van der Waals surface area contributed by atoms with Crippen molar-refractivity contribution in [1.82, 2.24) is 20.8 Å². The van der Waals surface area contributed by atoms with Gasteiger partial charge in [0.25, 0.3) is 5.91 Å². The number of carbonyl (C=O) groups is 2. The molecule has 0 atom stereocenters. The number of rotatable bonds is 5. The van der Waals surface area contributed by atoms with E-state index in [2.05, 4.69) is 36.7 Å². The highest BCUT2D eigenvalue weighted by Gasteiger charge is 2.11. The van der Waals surface area contributed by atoms with E-state index in [1.165, 1.54) is 6.20 Å². The van der Waals surface area contributed by atoms with Gasteiger partial charge in [0.05, 0.1) is 12.0 Å². The highest BCUT2D eigenvalue weighted by molar-refractivity contribution is 9.10. The molecule has 2 heterocycles. The van der Waals surface area contributed by atoms with E-state index in [4.69, 9.17) is 4.74 Å². The number of amides is 2. The van der Waals surface area contributed by atoms with Crippen LogP contribution in [0, 0.1) is 0 Å². The van der Waals surface area contributed by atoms with E-state index in [1.807, 2.05) is 36.4 Å². The number of H-pyrrole nitrogens is 1. The van der Waals surface area contributed by atoms with Gasteiger partial charge in [-0.15, -0.1) is 0 Å². The van der Waals surface area contributed by atoms with Crippen LogP contribution < -0.4 is 15.6 Å². The predicted octanol–water partition coefficient (Wildman–Crippen LogP) is 4.12. The van der Waals surface area contributed by atoms with Crippen molar-refractivity contribution < 1.29 is 14.3 Å². The van der Waals surface area contributed by atoms with Gasteiger partial charge in [-0.05, 0) is 42.0 Å². The lowest BCUT2D eigenvalue weighted by Crippen LogP contribution is -2.42. The van der Waals surface area contributed by atoms with Gasteiger partial charge in [-0.25, -0.2) is 4.98 Å². The number of carbonyl (C=O) groups excluding carboxylic acids is 2. The zero-order chi connectivity index (χ0) is 20.9. The Kier molecular flexibility index (Phi) is 5.76. The molecule has 4 rings (SSSR count). The fourth-order valence-corrected chi connectivity index (χ4v) is 3.16. The third-order valence-corrected chi connectivity index (χ3v) is 4.90. The maximum Gasteiger partial charge on any atom is 0.271 e. The lowest BCUT2D eigenvalue weighted by atomic mass is 10.1.